The second-order valence-electron chi connectivity index (χ2n) is 3.13. The third-order valence-corrected chi connectivity index (χ3v) is 2.10. The van der Waals surface area contributed by atoms with Crippen molar-refractivity contribution in [2.24, 2.45) is 5.73 Å². The van der Waals surface area contributed by atoms with Crippen molar-refractivity contribution in [1.29, 1.82) is 0 Å². The van der Waals surface area contributed by atoms with Crippen molar-refractivity contribution in [3.63, 3.8) is 0 Å². The lowest BCUT2D eigenvalue weighted by atomic mass is 10.2. The third-order valence-electron chi connectivity index (χ3n) is 2.10. The summed E-state index contributed by atoms with van der Waals surface area (Å²) in [6.07, 6.45) is -0.349. The number of amides is 1. The van der Waals surface area contributed by atoms with Crippen molar-refractivity contribution >= 4 is 11.8 Å². The van der Waals surface area contributed by atoms with Crippen molar-refractivity contribution in [3.05, 3.63) is 29.8 Å². The maximum absolute atomic E-state index is 11.4. The van der Waals surface area contributed by atoms with Crippen LogP contribution in [0.5, 0.6) is 0 Å². The average Bonchev–Trinajstić information content (AvgIpc) is 2.28. The zero-order valence-corrected chi connectivity index (χ0v) is 9.06. The second kappa shape index (κ2) is 5.36. The Labute approximate surface area is 89.6 Å². The van der Waals surface area contributed by atoms with Gasteiger partial charge in [0.15, 0.2) is 0 Å². The number of carbonyl (C=O) groups excluding carboxylic acids is 1. The van der Waals surface area contributed by atoms with Gasteiger partial charge < -0.3 is 10.5 Å². The molecule has 0 aromatic heterocycles. The lowest BCUT2D eigenvalue weighted by molar-refractivity contribution is 0.161. The maximum Gasteiger partial charge on any atom is 0.413 e. The van der Waals surface area contributed by atoms with Gasteiger partial charge in [-0.15, -0.1) is 0 Å². The Balaban J connectivity index is 2.73. The van der Waals surface area contributed by atoms with Gasteiger partial charge in [-0.25, -0.2) is 4.79 Å². The Morgan fingerprint density at radius 2 is 2.00 bits per heavy atom. The molecule has 0 aliphatic carbocycles. The molecule has 0 fully saturated rings. The molecule has 82 valence electrons. The van der Waals surface area contributed by atoms with Gasteiger partial charge in [-0.2, -0.15) is 0 Å². The molecule has 0 radical (unpaired) electrons. The first-order chi connectivity index (χ1) is 7.19. The SMILES string of the molecule is CCOC(=O)N(C)c1ccc(CN)cc1. The van der Waals surface area contributed by atoms with Gasteiger partial charge in [0, 0.05) is 19.3 Å². The van der Waals surface area contributed by atoms with Gasteiger partial charge in [-0.1, -0.05) is 12.1 Å². The van der Waals surface area contributed by atoms with E-state index in [1.165, 1.54) is 4.90 Å². The van der Waals surface area contributed by atoms with Crippen LogP contribution in [0.2, 0.25) is 0 Å². The molecule has 1 rings (SSSR count). The van der Waals surface area contributed by atoms with Crippen LogP contribution < -0.4 is 10.6 Å². The molecule has 0 spiro atoms. The number of benzene rings is 1. The highest BCUT2D eigenvalue weighted by atomic mass is 16.6. The fourth-order valence-corrected chi connectivity index (χ4v) is 1.18. The van der Waals surface area contributed by atoms with Gasteiger partial charge in [0.2, 0.25) is 0 Å². The van der Waals surface area contributed by atoms with Crippen molar-refractivity contribution in [2.75, 3.05) is 18.6 Å². The Morgan fingerprint density at radius 1 is 1.40 bits per heavy atom. The molecule has 1 aromatic rings. The zero-order valence-electron chi connectivity index (χ0n) is 9.06. The van der Waals surface area contributed by atoms with Crippen LogP contribution in [-0.2, 0) is 11.3 Å². The fourth-order valence-electron chi connectivity index (χ4n) is 1.18. The molecule has 0 bridgehead atoms. The van der Waals surface area contributed by atoms with E-state index in [0.717, 1.165) is 11.3 Å². The summed E-state index contributed by atoms with van der Waals surface area (Å²) in [5, 5.41) is 0. The predicted molar refractivity (Wildman–Crippen MR) is 59.8 cm³/mol. The van der Waals surface area contributed by atoms with E-state index in [9.17, 15) is 4.79 Å². The molecule has 0 saturated carbocycles. The smallest absolute Gasteiger partial charge is 0.413 e. The monoisotopic (exact) mass is 208 g/mol. The summed E-state index contributed by atoms with van der Waals surface area (Å²) < 4.78 is 4.88. The van der Waals surface area contributed by atoms with Gasteiger partial charge in [-0.05, 0) is 24.6 Å². The largest absolute Gasteiger partial charge is 0.449 e. The number of carbonyl (C=O) groups is 1. The summed E-state index contributed by atoms with van der Waals surface area (Å²) in [5.74, 6) is 0. The predicted octanol–water partition coefficient (Wildman–Crippen LogP) is 1.74. The van der Waals surface area contributed by atoms with Crippen LogP contribution in [0.4, 0.5) is 10.5 Å². The number of hydrogen-bond donors (Lipinski definition) is 1. The van der Waals surface area contributed by atoms with Crippen LogP contribution in [-0.4, -0.2) is 19.7 Å². The minimum Gasteiger partial charge on any atom is -0.449 e. The molecular formula is C11H16N2O2. The highest BCUT2D eigenvalue weighted by Crippen LogP contribution is 2.14. The van der Waals surface area contributed by atoms with Gasteiger partial charge in [-0.3, -0.25) is 4.90 Å². The zero-order chi connectivity index (χ0) is 11.3. The minimum absolute atomic E-state index is 0.349. The van der Waals surface area contributed by atoms with E-state index >= 15 is 0 Å². The van der Waals surface area contributed by atoms with Crippen LogP contribution in [0.25, 0.3) is 0 Å². The number of nitrogens with two attached hydrogens (primary N) is 1. The molecule has 4 nitrogen and oxygen atoms in total. The Morgan fingerprint density at radius 3 is 2.47 bits per heavy atom. The normalized spacial score (nSPS) is 9.80. The van der Waals surface area contributed by atoms with Gasteiger partial charge in [0.05, 0.1) is 6.61 Å². The maximum atomic E-state index is 11.4. The number of hydrogen-bond acceptors (Lipinski definition) is 3. The first-order valence-corrected chi connectivity index (χ1v) is 4.88. The van der Waals surface area contributed by atoms with E-state index in [1.54, 1.807) is 14.0 Å². The molecule has 0 saturated heterocycles. The summed E-state index contributed by atoms with van der Waals surface area (Å²) in [7, 11) is 1.68. The standard InChI is InChI=1S/C11H16N2O2/c1-3-15-11(14)13(2)10-6-4-9(8-12)5-7-10/h4-7H,3,8,12H2,1-2H3. The number of ether oxygens (including phenoxy) is 1. The molecule has 1 amide bonds. The first-order valence-electron chi connectivity index (χ1n) is 4.88. The molecule has 0 unspecified atom stereocenters. The molecule has 2 N–H and O–H groups in total. The van der Waals surface area contributed by atoms with Crippen LogP contribution in [0.3, 0.4) is 0 Å². The number of anilines is 1. The lowest BCUT2D eigenvalue weighted by Crippen LogP contribution is -2.26. The fraction of sp³-hybridized carbons (Fsp3) is 0.364. The molecule has 1 aromatic carbocycles. The van der Waals surface area contributed by atoms with Crippen LogP contribution in [0.15, 0.2) is 24.3 Å². The minimum atomic E-state index is -0.349. The van der Waals surface area contributed by atoms with E-state index < -0.39 is 0 Å². The Hall–Kier alpha value is -1.55. The van der Waals surface area contributed by atoms with E-state index in [0.29, 0.717) is 13.2 Å². The summed E-state index contributed by atoms with van der Waals surface area (Å²) >= 11 is 0. The van der Waals surface area contributed by atoms with Crippen molar-refractivity contribution < 1.29 is 9.53 Å². The summed E-state index contributed by atoms with van der Waals surface area (Å²) in [6, 6.07) is 7.48. The highest BCUT2D eigenvalue weighted by Gasteiger charge is 2.10. The molecular weight excluding hydrogens is 192 g/mol. The quantitative estimate of drug-likeness (QED) is 0.823. The highest BCUT2D eigenvalue weighted by molar-refractivity contribution is 5.86. The first kappa shape index (κ1) is 11.5. The summed E-state index contributed by atoms with van der Waals surface area (Å²) in [4.78, 5) is 12.8. The van der Waals surface area contributed by atoms with E-state index in [1.807, 2.05) is 24.3 Å². The van der Waals surface area contributed by atoms with Gasteiger partial charge >= 0.3 is 6.09 Å². The lowest BCUT2D eigenvalue weighted by Gasteiger charge is -2.16. The van der Waals surface area contributed by atoms with Crippen LogP contribution >= 0.6 is 0 Å². The molecule has 0 atom stereocenters. The summed E-state index contributed by atoms with van der Waals surface area (Å²) in [5.41, 5.74) is 7.31. The van der Waals surface area contributed by atoms with Crippen molar-refractivity contribution in [3.8, 4) is 0 Å². The molecule has 15 heavy (non-hydrogen) atoms. The number of rotatable bonds is 3. The van der Waals surface area contributed by atoms with Crippen LogP contribution in [0, 0.1) is 0 Å². The average molecular weight is 208 g/mol. The summed E-state index contributed by atoms with van der Waals surface area (Å²) in [6.45, 7) is 2.66. The molecule has 0 aliphatic rings. The molecule has 0 heterocycles. The topological polar surface area (TPSA) is 55.6 Å². The van der Waals surface area contributed by atoms with E-state index in [-0.39, 0.29) is 6.09 Å². The van der Waals surface area contributed by atoms with Crippen LogP contribution in [0.1, 0.15) is 12.5 Å². The third kappa shape index (κ3) is 2.95. The van der Waals surface area contributed by atoms with Gasteiger partial charge in [0.25, 0.3) is 0 Å². The second-order valence-corrected chi connectivity index (χ2v) is 3.13. The van der Waals surface area contributed by atoms with Crippen molar-refractivity contribution in [1.82, 2.24) is 0 Å². The van der Waals surface area contributed by atoms with Gasteiger partial charge in [0.1, 0.15) is 0 Å². The Kier molecular flexibility index (Phi) is 4.12. The van der Waals surface area contributed by atoms with E-state index in [2.05, 4.69) is 0 Å². The number of nitrogens with zero attached hydrogens (tertiary/aromatic N) is 1. The molecule has 4 heteroatoms. The molecule has 0 aliphatic heterocycles. The van der Waals surface area contributed by atoms with Crippen molar-refractivity contribution in [2.45, 2.75) is 13.5 Å². The Bertz CT molecular complexity index is 322. The van der Waals surface area contributed by atoms with E-state index in [4.69, 9.17) is 10.5 Å².